The molecular formula is C23H22N6O2. The molecule has 4 rings (SSSR count). The van der Waals surface area contributed by atoms with Gasteiger partial charge in [-0.3, -0.25) is 9.59 Å². The number of rotatable bonds is 7. The van der Waals surface area contributed by atoms with E-state index in [0.717, 1.165) is 11.4 Å². The van der Waals surface area contributed by atoms with Crippen molar-refractivity contribution >= 4 is 39.9 Å². The van der Waals surface area contributed by atoms with Crippen LogP contribution in [0.15, 0.2) is 67.1 Å². The molecule has 4 aromatic rings. The molecule has 156 valence electrons. The van der Waals surface area contributed by atoms with Crippen LogP contribution < -0.4 is 15.5 Å². The van der Waals surface area contributed by atoms with Crippen molar-refractivity contribution in [2.45, 2.75) is 0 Å². The molecule has 0 saturated carbocycles. The molecule has 0 spiro atoms. The lowest BCUT2D eigenvalue weighted by molar-refractivity contribution is -0.116. The summed E-state index contributed by atoms with van der Waals surface area (Å²) in [5.41, 5.74) is 8.68. The molecule has 3 N–H and O–H groups in total. The van der Waals surface area contributed by atoms with Crippen LogP contribution >= 0.6 is 0 Å². The van der Waals surface area contributed by atoms with Crippen LogP contribution in [-0.4, -0.2) is 47.3 Å². The second-order valence-corrected chi connectivity index (χ2v) is 7.22. The van der Waals surface area contributed by atoms with E-state index in [1.54, 1.807) is 30.3 Å². The number of nitrogens with zero attached hydrogens (tertiary/aromatic N) is 4. The SMILES string of the molecule is CN(CC(N)=O)c1cccc(N(C)c2ncnc3[nH]cc(C(=O)c4ccccc4)c23)c1. The van der Waals surface area contributed by atoms with Crippen molar-refractivity contribution in [2.24, 2.45) is 5.73 Å². The van der Waals surface area contributed by atoms with E-state index in [-0.39, 0.29) is 12.3 Å². The second-order valence-electron chi connectivity index (χ2n) is 7.22. The Kier molecular flexibility index (Phi) is 5.36. The van der Waals surface area contributed by atoms with Gasteiger partial charge < -0.3 is 20.5 Å². The van der Waals surface area contributed by atoms with E-state index in [1.165, 1.54) is 6.33 Å². The maximum absolute atomic E-state index is 13.1. The first kappa shape index (κ1) is 20.1. The molecule has 2 heterocycles. The van der Waals surface area contributed by atoms with Gasteiger partial charge in [0.05, 0.1) is 17.5 Å². The third-order valence-electron chi connectivity index (χ3n) is 5.10. The zero-order valence-electron chi connectivity index (χ0n) is 17.2. The van der Waals surface area contributed by atoms with E-state index in [1.807, 2.05) is 54.4 Å². The lowest BCUT2D eigenvalue weighted by Gasteiger charge is -2.23. The number of aromatic nitrogens is 3. The van der Waals surface area contributed by atoms with Gasteiger partial charge in [-0.1, -0.05) is 36.4 Å². The van der Waals surface area contributed by atoms with Gasteiger partial charge in [0.15, 0.2) is 5.78 Å². The van der Waals surface area contributed by atoms with E-state index >= 15 is 0 Å². The van der Waals surface area contributed by atoms with E-state index in [9.17, 15) is 9.59 Å². The number of benzene rings is 2. The molecule has 1 amide bonds. The number of anilines is 3. The molecule has 0 unspecified atom stereocenters. The quantitative estimate of drug-likeness (QED) is 0.450. The number of nitrogens with two attached hydrogens (primary N) is 1. The highest BCUT2D eigenvalue weighted by Gasteiger charge is 2.21. The summed E-state index contributed by atoms with van der Waals surface area (Å²) in [5.74, 6) is 0.0848. The summed E-state index contributed by atoms with van der Waals surface area (Å²) in [6.45, 7) is 0.110. The van der Waals surface area contributed by atoms with Gasteiger partial charge in [-0.05, 0) is 18.2 Å². The number of H-pyrrole nitrogens is 1. The minimum absolute atomic E-state index is 0.105. The average molecular weight is 414 g/mol. The lowest BCUT2D eigenvalue weighted by Crippen LogP contribution is -2.30. The van der Waals surface area contributed by atoms with Crippen LogP contribution in [0, 0.1) is 0 Å². The summed E-state index contributed by atoms with van der Waals surface area (Å²) in [7, 11) is 3.67. The zero-order valence-corrected chi connectivity index (χ0v) is 17.2. The van der Waals surface area contributed by atoms with Crippen molar-refractivity contribution in [2.75, 3.05) is 30.4 Å². The maximum atomic E-state index is 13.1. The van der Waals surface area contributed by atoms with Gasteiger partial charge in [0.2, 0.25) is 5.91 Å². The number of amides is 1. The molecule has 0 bridgehead atoms. The Labute approximate surface area is 179 Å². The number of nitrogens with one attached hydrogen (secondary N) is 1. The van der Waals surface area contributed by atoms with Crippen LogP contribution in [0.4, 0.5) is 17.2 Å². The molecule has 0 radical (unpaired) electrons. The van der Waals surface area contributed by atoms with E-state index in [4.69, 9.17) is 5.73 Å². The fourth-order valence-corrected chi connectivity index (χ4v) is 3.51. The first-order valence-electron chi connectivity index (χ1n) is 9.70. The Hall–Kier alpha value is -4.20. The highest BCUT2D eigenvalue weighted by atomic mass is 16.1. The van der Waals surface area contributed by atoms with Gasteiger partial charge in [-0.2, -0.15) is 0 Å². The number of ketones is 1. The molecule has 8 nitrogen and oxygen atoms in total. The summed E-state index contributed by atoms with van der Waals surface area (Å²) in [5, 5.41) is 0.648. The maximum Gasteiger partial charge on any atom is 0.236 e. The Morgan fingerprint density at radius 2 is 1.74 bits per heavy atom. The molecule has 2 aromatic carbocycles. The predicted octanol–water partition coefficient (Wildman–Crippen LogP) is 2.88. The van der Waals surface area contributed by atoms with Crippen molar-refractivity contribution in [3.8, 4) is 0 Å². The van der Waals surface area contributed by atoms with Crippen molar-refractivity contribution < 1.29 is 9.59 Å². The molecule has 8 heteroatoms. The van der Waals surface area contributed by atoms with Gasteiger partial charge in [0.25, 0.3) is 0 Å². The van der Waals surface area contributed by atoms with Gasteiger partial charge in [-0.15, -0.1) is 0 Å². The largest absolute Gasteiger partial charge is 0.368 e. The Balaban J connectivity index is 1.76. The van der Waals surface area contributed by atoms with E-state index in [2.05, 4.69) is 15.0 Å². The predicted molar refractivity (Wildman–Crippen MR) is 121 cm³/mol. The van der Waals surface area contributed by atoms with Crippen molar-refractivity contribution in [1.82, 2.24) is 15.0 Å². The van der Waals surface area contributed by atoms with Crippen LogP contribution in [0.2, 0.25) is 0 Å². The standard InChI is InChI=1S/C23H22N6O2/c1-28(13-19(24)30)16-9-6-10-17(11-16)29(2)23-20-18(12-25-22(20)26-14-27-23)21(31)15-7-4-3-5-8-15/h3-12,14H,13H2,1-2H3,(H2,24,30)(H,25,26,27). The van der Waals surface area contributed by atoms with Crippen LogP contribution in [-0.2, 0) is 4.79 Å². The first-order valence-corrected chi connectivity index (χ1v) is 9.70. The van der Waals surface area contributed by atoms with Gasteiger partial charge in [-0.25, -0.2) is 9.97 Å². The summed E-state index contributed by atoms with van der Waals surface area (Å²) in [6, 6.07) is 16.8. The number of carbonyl (C=O) groups excluding carboxylic acids is 2. The summed E-state index contributed by atoms with van der Waals surface area (Å²) in [4.78, 5) is 39.9. The number of fused-ring (bicyclic) bond motifs is 1. The molecule has 0 fully saturated rings. The number of primary amides is 1. The fourth-order valence-electron chi connectivity index (χ4n) is 3.51. The second kappa shape index (κ2) is 8.27. The van der Waals surface area contributed by atoms with Crippen LogP contribution in [0.3, 0.4) is 0 Å². The number of hydrogen-bond donors (Lipinski definition) is 2. The summed E-state index contributed by atoms with van der Waals surface area (Å²) >= 11 is 0. The lowest BCUT2D eigenvalue weighted by atomic mass is 10.0. The number of aromatic amines is 1. The van der Waals surface area contributed by atoms with Gasteiger partial charge >= 0.3 is 0 Å². The molecule has 0 atom stereocenters. The number of hydrogen-bond acceptors (Lipinski definition) is 6. The van der Waals surface area contributed by atoms with Crippen LogP contribution in [0.5, 0.6) is 0 Å². The molecular weight excluding hydrogens is 392 g/mol. The van der Waals surface area contributed by atoms with Crippen molar-refractivity contribution in [1.29, 1.82) is 0 Å². The molecule has 2 aromatic heterocycles. The first-order chi connectivity index (χ1) is 15.0. The highest BCUT2D eigenvalue weighted by Crippen LogP contribution is 2.32. The van der Waals surface area contributed by atoms with E-state index in [0.29, 0.717) is 28.0 Å². The number of carbonyl (C=O) groups is 2. The Bertz CT molecular complexity index is 1250. The zero-order chi connectivity index (χ0) is 22.0. The third kappa shape index (κ3) is 3.95. The smallest absolute Gasteiger partial charge is 0.236 e. The molecule has 31 heavy (non-hydrogen) atoms. The van der Waals surface area contributed by atoms with Gasteiger partial charge in [0, 0.05) is 37.2 Å². The minimum Gasteiger partial charge on any atom is -0.368 e. The summed E-state index contributed by atoms with van der Waals surface area (Å²) < 4.78 is 0. The average Bonchev–Trinajstić information content (AvgIpc) is 3.22. The highest BCUT2D eigenvalue weighted by molar-refractivity contribution is 6.18. The molecule has 0 saturated heterocycles. The monoisotopic (exact) mass is 414 g/mol. The van der Waals surface area contributed by atoms with Gasteiger partial charge in [0.1, 0.15) is 17.8 Å². The normalized spacial score (nSPS) is 10.8. The van der Waals surface area contributed by atoms with Crippen LogP contribution in [0.1, 0.15) is 15.9 Å². The third-order valence-corrected chi connectivity index (χ3v) is 5.10. The molecule has 0 aliphatic carbocycles. The summed E-state index contributed by atoms with van der Waals surface area (Å²) in [6.07, 6.45) is 3.13. The van der Waals surface area contributed by atoms with Crippen molar-refractivity contribution in [3.63, 3.8) is 0 Å². The van der Waals surface area contributed by atoms with E-state index < -0.39 is 5.91 Å². The molecule has 0 aliphatic heterocycles. The van der Waals surface area contributed by atoms with Crippen LogP contribution in [0.25, 0.3) is 11.0 Å². The molecule has 0 aliphatic rings. The topological polar surface area (TPSA) is 108 Å². The number of likely N-dealkylation sites (N-methyl/N-ethyl adjacent to an activating group) is 1. The fraction of sp³-hybridized carbons (Fsp3) is 0.130. The Morgan fingerprint density at radius 1 is 1.00 bits per heavy atom. The van der Waals surface area contributed by atoms with Crippen molar-refractivity contribution in [3.05, 3.63) is 78.2 Å². The minimum atomic E-state index is -0.407. The Morgan fingerprint density at radius 3 is 2.48 bits per heavy atom.